The van der Waals surface area contributed by atoms with E-state index in [9.17, 15) is 20.1 Å². The maximum Gasteiger partial charge on any atom is 0.306 e. The van der Waals surface area contributed by atoms with Crippen molar-refractivity contribution in [1.82, 2.24) is 0 Å². The van der Waals surface area contributed by atoms with Gasteiger partial charge in [0.05, 0.1) is 13.2 Å². The summed E-state index contributed by atoms with van der Waals surface area (Å²) >= 11 is 0. The van der Waals surface area contributed by atoms with E-state index in [0.29, 0.717) is 6.42 Å². The van der Waals surface area contributed by atoms with Crippen LogP contribution in [0.4, 0.5) is 0 Å². The first-order valence-electron chi connectivity index (χ1n) is 7.93. The Morgan fingerprint density at radius 2 is 1.45 bits per heavy atom. The van der Waals surface area contributed by atoms with Crippen molar-refractivity contribution in [3.05, 3.63) is 0 Å². The second-order valence-electron chi connectivity index (χ2n) is 5.46. The lowest BCUT2D eigenvalue weighted by Gasteiger charge is -2.28. The number of carbonyl (C=O) groups is 1. The van der Waals surface area contributed by atoms with Crippen LogP contribution in [0.1, 0.15) is 51.9 Å². The molecular weight excluding hydrogens is 292 g/mol. The van der Waals surface area contributed by atoms with Gasteiger partial charge in [0, 0.05) is 6.42 Å². The number of rotatable bonds is 13. The first-order valence-corrected chi connectivity index (χ1v) is 7.93. The Kier molecular flexibility index (Phi) is 12.4. The first-order chi connectivity index (χ1) is 10.5. The van der Waals surface area contributed by atoms with Crippen LogP contribution in [0.25, 0.3) is 0 Å². The molecule has 0 aliphatic rings. The zero-order valence-corrected chi connectivity index (χ0v) is 13.2. The van der Waals surface area contributed by atoms with Gasteiger partial charge >= 0.3 is 5.97 Å². The van der Waals surface area contributed by atoms with Gasteiger partial charge in [-0.05, 0) is 6.42 Å². The summed E-state index contributed by atoms with van der Waals surface area (Å²) in [6, 6.07) is 0. The van der Waals surface area contributed by atoms with E-state index in [2.05, 4.69) is 6.92 Å². The normalized spacial score (nSPS) is 16.8. The fourth-order valence-electron chi connectivity index (χ4n) is 2.07. The van der Waals surface area contributed by atoms with E-state index in [1.54, 1.807) is 0 Å². The Morgan fingerprint density at radius 1 is 0.909 bits per heavy atom. The molecule has 132 valence electrons. The third-order valence-corrected chi connectivity index (χ3v) is 3.49. The van der Waals surface area contributed by atoms with Crippen LogP contribution in [-0.4, -0.2) is 69.1 Å². The Labute approximate surface area is 131 Å². The minimum Gasteiger partial charge on any atom is -0.457 e. The number of hydrogen-bond acceptors (Lipinski definition) is 7. The summed E-state index contributed by atoms with van der Waals surface area (Å²) in [7, 11) is 0. The van der Waals surface area contributed by atoms with Crippen molar-refractivity contribution in [3.8, 4) is 0 Å². The van der Waals surface area contributed by atoms with Gasteiger partial charge in [0.1, 0.15) is 18.3 Å². The van der Waals surface area contributed by atoms with Crippen LogP contribution < -0.4 is 0 Å². The minimum absolute atomic E-state index is 0.142. The van der Waals surface area contributed by atoms with Gasteiger partial charge in [0.2, 0.25) is 0 Å². The maximum atomic E-state index is 11.7. The van der Waals surface area contributed by atoms with E-state index in [1.165, 1.54) is 6.42 Å². The van der Waals surface area contributed by atoms with Gasteiger partial charge in [-0.2, -0.15) is 0 Å². The second kappa shape index (κ2) is 12.8. The highest BCUT2D eigenvalue weighted by atomic mass is 16.6. The summed E-state index contributed by atoms with van der Waals surface area (Å²) in [5, 5.41) is 46.4. The van der Waals surface area contributed by atoms with E-state index < -0.39 is 43.6 Å². The summed E-state index contributed by atoms with van der Waals surface area (Å²) in [5.74, 6) is -0.614. The van der Waals surface area contributed by atoms with Gasteiger partial charge in [0.25, 0.3) is 0 Å². The molecule has 7 nitrogen and oxygen atoms in total. The molecule has 0 spiro atoms. The Hall–Kier alpha value is -0.730. The number of aliphatic hydroxyl groups is 5. The fourth-order valence-corrected chi connectivity index (χ4v) is 2.07. The largest absolute Gasteiger partial charge is 0.457 e. The Morgan fingerprint density at radius 3 is 2.00 bits per heavy atom. The topological polar surface area (TPSA) is 127 Å². The molecule has 0 unspecified atom stereocenters. The Bertz CT molecular complexity index is 285. The van der Waals surface area contributed by atoms with Crippen LogP contribution in [0.3, 0.4) is 0 Å². The third kappa shape index (κ3) is 8.65. The molecule has 0 saturated carbocycles. The molecule has 0 aliphatic heterocycles. The van der Waals surface area contributed by atoms with Crippen molar-refractivity contribution < 1.29 is 35.1 Å². The van der Waals surface area contributed by atoms with E-state index in [0.717, 1.165) is 25.7 Å². The van der Waals surface area contributed by atoms with Crippen LogP contribution in [-0.2, 0) is 9.53 Å². The molecule has 0 aromatic rings. The molecule has 0 aliphatic carbocycles. The monoisotopic (exact) mass is 322 g/mol. The summed E-state index contributed by atoms with van der Waals surface area (Å²) in [6.45, 7) is 0.644. The zero-order chi connectivity index (χ0) is 17.0. The highest BCUT2D eigenvalue weighted by Gasteiger charge is 2.34. The number of hydrogen-bond donors (Lipinski definition) is 5. The van der Waals surface area contributed by atoms with Crippen LogP contribution in [0.2, 0.25) is 0 Å². The average molecular weight is 322 g/mol. The van der Waals surface area contributed by atoms with Crippen molar-refractivity contribution in [2.75, 3.05) is 13.2 Å². The number of ether oxygens (including phenoxy) is 1. The van der Waals surface area contributed by atoms with Crippen molar-refractivity contribution in [2.24, 2.45) is 0 Å². The van der Waals surface area contributed by atoms with E-state index in [-0.39, 0.29) is 6.42 Å². The maximum absolute atomic E-state index is 11.7. The number of carbonyl (C=O) groups excluding carboxylic acids is 1. The predicted molar refractivity (Wildman–Crippen MR) is 80.1 cm³/mol. The summed E-state index contributed by atoms with van der Waals surface area (Å²) < 4.78 is 4.95. The van der Waals surface area contributed by atoms with Crippen molar-refractivity contribution in [3.63, 3.8) is 0 Å². The van der Waals surface area contributed by atoms with Crippen molar-refractivity contribution >= 4 is 5.97 Å². The second-order valence-corrected chi connectivity index (χ2v) is 5.46. The highest BCUT2D eigenvalue weighted by molar-refractivity contribution is 5.69. The van der Waals surface area contributed by atoms with Gasteiger partial charge in [-0.3, -0.25) is 4.79 Å². The fraction of sp³-hybridized carbons (Fsp3) is 0.933. The quantitative estimate of drug-likeness (QED) is 0.233. The van der Waals surface area contributed by atoms with Gasteiger partial charge in [-0.25, -0.2) is 0 Å². The molecule has 0 bridgehead atoms. The molecule has 0 saturated heterocycles. The minimum atomic E-state index is -1.67. The lowest BCUT2D eigenvalue weighted by Crippen LogP contribution is -2.49. The number of aliphatic hydroxyl groups excluding tert-OH is 5. The average Bonchev–Trinajstić information content (AvgIpc) is 2.53. The molecule has 22 heavy (non-hydrogen) atoms. The molecule has 0 heterocycles. The zero-order valence-electron chi connectivity index (χ0n) is 13.2. The van der Waals surface area contributed by atoms with Crippen LogP contribution >= 0.6 is 0 Å². The van der Waals surface area contributed by atoms with Gasteiger partial charge < -0.3 is 30.3 Å². The molecule has 0 rings (SSSR count). The smallest absolute Gasteiger partial charge is 0.306 e. The summed E-state index contributed by atoms with van der Waals surface area (Å²) in [6.07, 6.45) is -0.0724. The molecule has 5 N–H and O–H groups in total. The molecule has 0 aromatic carbocycles. The van der Waals surface area contributed by atoms with Crippen LogP contribution in [0.15, 0.2) is 0 Å². The van der Waals surface area contributed by atoms with Gasteiger partial charge in [-0.1, -0.05) is 39.0 Å². The standard InChI is InChI=1S/C15H30O7/c1-2-3-4-5-6-7-8-13(20)22-15(12(19)10-17)14(21)11(18)9-16/h11-12,14-19,21H,2-10H2,1H3/t11-,12-,14-,15-/m0/s1. The SMILES string of the molecule is CCCCCCCCC(=O)O[C@H]([C@@H](O)[C@@H](O)CO)[C@@H](O)CO. The predicted octanol–water partition coefficient (Wildman–Crippen LogP) is -0.284. The van der Waals surface area contributed by atoms with E-state index >= 15 is 0 Å². The molecule has 7 heteroatoms. The third-order valence-electron chi connectivity index (χ3n) is 3.49. The molecule has 4 atom stereocenters. The van der Waals surface area contributed by atoms with Gasteiger partial charge in [0.15, 0.2) is 6.10 Å². The van der Waals surface area contributed by atoms with Crippen LogP contribution in [0, 0.1) is 0 Å². The van der Waals surface area contributed by atoms with Crippen LogP contribution in [0.5, 0.6) is 0 Å². The lowest BCUT2D eigenvalue weighted by atomic mass is 10.0. The summed E-state index contributed by atoms with van der Waals surface area (Å²) in [4.78, 5) is 11.7. The lowest BCUT2D eigenvalue weighted by molar-refractivity contribution is -0.177. The molecule has 0 fully saturated rings. The molecule has 0 aromatic heterocycles. The van der Waals surface area contributed by atoms with E-state index in [4.69, 9.17) is 14.9 Å². The molecular formula is C15H30O7. The molecule has 0 radical (unpaired) electrons. The van der Waals surface area contributed by atoms with Crippen molar-refractivity contribution in [2.45, 2.75) is 76.3 Å². The number of esters is 1. The summed E-state index contributed by atoms with van der Waals surface area (Å²) in [5.41, 5.74) is 0. The molecule has 0 amide bonds. The van der Waals surface area contributed by atoms with E-state index in [1.807, 2.05) is 0 Å². The first kappa shape index (κ1) is 21.3. The highest BCUT2D eigenvalue weighted by Crippen LogP contribution is 2.13. The Balaban J connectivity index is 4.22. The van der Waals surface area contributed by atoms with Crippen molar-refractivity contribution in [1.29, 1.82) is 0 Å². The van der Waals surface area contributed by atoms with Gasteiger partial charge in [-0.15, -0.1) is 0 Å². The number of unbranched alkanes of at least 4 members (excludes halogenated alkanes) is 5.